The van der Waals surface area contributed by atoms with Crippen LogP contribution in [0.5, 0.6) is 0 Å². The summed E-state index contributed by atoms with van der Waals surface area (Å²) < 4.78 is 4.63. The number of benzene rings is 2. The molecule has 1 N–H and O–H groups in total. The van der Waals surface area contributed by atoms with E-state index in [-0.39, 0.29) is 30.2 Å². The normalized spacial score (nSPS) is 31.3. The van der Waals surface area contributed by atoms with Crippen molar-refractivity contribution < 1.29 is 24.2 Å². The smallest absolute Gasteiger partial charge is 0.311 e. The van der Waals surface area contributed by atoms with Crippen LogP contribution in [-0.2, 0) is 25.5 Å². The van der Waals surface area contributed by atoms with Crippen molar-refractivity contribution in [3.05, 3.63) is 89.5 Å². The number of anilines is 1. The van der Waals surface area contributed by atoms with Gasteiger partial charge in [-0.15, -0.1) is 11.8 Å². The topological polar surface area (TPSA) is 87.2 Å². The first-order chi connectivity index (χ1) is 19.5. The Hall–Kier alpha value is -3.07. The van der Waals surface area contributed by atoms with Crippen LogP contribution < -0.4 is 4.90 Å². The van der Waals surface area contributed by atoms with E-state index in [1.165, 1.54) is 11.8 Å². The number of nitrogens with zero attached hydrogens (tertiary/aromatic N) is 2. The number of hydrogen-bond donors (Lipinski definition) is 1. The molecule has 0 radical (unpaired) electrons. The molecule has 9 heteroatoms. The number of amides is 2. The lowest BCUT2D eigenvalue weighted by atomic mass is 9.78. The molecule has 6 rings (SSSR count). The van der Waals surface area contributed by atoms with Gasteiger partial charge in [0.15, 0.2) is 0 Å². The fourth-order valence-electron chi connectivity index (χ4n) is 6.61. The van der Waals surface area contributed by atoms with Crippen LogP contribution in [0.25, 0.3) is 0 Å². The quantitative estimate of drug-likeness (QED) is 0.426. The predicted molar refractivity (Wildman–Crippen MR) is 155 cm³/mol. The first-order valence-electron chi connectivity index (χ1n) is 13.7. The molecule has 4 aliphatic rings. The lowest BCUT2D eigenvalue weighted by Crippen LogP contribution is -2.57. The number of aliphatic hydroxyl groups is 1. The van der Waals surface area contributed by atoms with Gasteiger partial charge in [0.25, 0.3) is 5.91 Å². The molecule has 4 heterocycles. The van der Waals surface area contributed by atoms with E-state index < -0.39 is 34.6 Å². The summed E-state index contributed by atoms with van der Waals surface area (Å²) in [5.41, 5.74) is 1.50. The zero-order chi connectivity index (χ0) is 27.9. The lowest BCUT2D eigenvalue weighted by molar-refractivity contribution is -0.153. The van der Waals surface area contributed by atoms with Gasteiger partial charge in [-0.25, -0.2) is 0 Å². The number of hydrogen-bond acceptors (Lipinski definition) is 6. The molecule has 2 amide bonds. The van der Waals surface area contributed by atoms with Crippen LogP contribution in [-0.4, -0.2) is 69.6 Å². The van der Waals surface area contributed by atoms with Crippen LogP contribution in [0, 0.1) is 11.8 Å². The van der Waals surface area contributed by atoms with Gasteiger partial charge in [0, 0.05) is 11.8 Å². The molecule has 2 aromatic rings. The molecule has 0 saturated carbocycles. The van der Waals surface area contributed by atoms with Gasteiger partial charge < -0.3 is 19.6 Å². The second-order valence-electron chi connectivity index (χ2n) is 10.7. The maximum Gasteiger partial charge on any atom is 0.311 e. The molecule has 2 saturated heterocycles. The first-order valence-corrected chi connectivity index (χ1v) is 14.9. The van der Waals surface area contributed by atoms with Gasteiger partial charge in [-0.2, -0.15) is 0 Å². The number of thioether (sulfide) groups is 1. The number of rotatable bonds is 5. The van der Waals surface area contributed by atoms with Crippen molar-refractivity contribution in [2.45, 2.75) is 41.3 Å². The third-order valence-corrected chi connectivity index (χ3v) is 10.4. The molecule has 0 bridgehead atoms. The molecule has 1 unspecified atom stereocenters. The van der Waals surface area contributed by atoms with Gasteiger partial charge >= 0.3 is 5.97 Å². The van der Waals surface area contributed by atoms with Crippen molar-refractivity contribution in [2.75, 3.05) is 24.7 Å². The van der Waals surface area contributed by atoms with E-state index in [0.29, 0.717) is 23.7 Å². The molecule has 6 atom stereocenters. The van der Waals surface area contributed by atoms with Crippen molar-refractivity contribution in [3.63, 3.8) is 0 Å². The predicted octanol–water partition coefficient (Wildman–Crippen LogP) is 4.04. The third kappa shape index (κ3) is 4.46. The Morgan fingerprint density at radius 2 is 1.82 bits per heavy atom. The lowest BCUT2D eigenvalue weighted by Gasteiger charge is -2.38. The van der Waals surface area contributed by atoms with Gasteiger partial charge in [0.05, 0.1) is 46.5 Å². The Balaban J connectivity index is 1.48. The highest BCUT2D eigenvalue weighted by molar-refractivity contribution is 8.02. The zero-order valence-electron chi connectivity index (χ0n) is 21.9. The van der Waals surface area contributed by atoms with Crippen LogP contribution in [0.2, 0.25) is 5.02 Å². The van der Waals surface area contributed by atoms with Crippen LogP contribution >= 0.6 is 23.4 Å². The summed E-state index contributed by atoms with van der Waals surface area (Å²) in [4.78, 5) is 45.8. The van der Waals surface area contributed by atoms with Gasteiger partial charge in [-0.05, 0) is 37.0 Å². The molecule has 7 nitrogen and oxygen atoms in total. The molecule has 1 spiro atoms. The van der Waals surface area contributed by atoms with Crippen molar-refractivity contribution in [1.82, 2.24) is 4.90 Å². The number of carbonyl (C=O) groups is 3. The number of likely N-dealkylation sites (tertiary alicyclic amines) is 1. The van der Waals surface area contributed by atoms with E-state index in [1.54, 1.807) is 28.0 Å². The summed E-state index contributed by atoms with van der Waals surface area (Å²) >= 11 is 8.04. The number of carbonyl (C=O) groups excluding carboxylic acids is 3. The van der Waals surface area contributed by atoms with Gasteiger partial charge in [-0.3, -0.25) is 14.4 Å². The minimum atomic E-state index is -1.01. The van der Waals surface area contributed by atoms with E-state index in [0.717, 1.165) is 18.4 Å². The maximum atomic E-state index is 14.6. The fourth-order valence-corrected chi connectivity index (χ4v) is 8.84. The van der Waals surface area contributed by atoms with Crippen LogP contribution in [0.15, 0.2) is 78.9 Å². The molecule has 2 aromatic carbocycles. The second kappa shape index (κ2) is 11.1. The van der Waals surface area contributed by atoms with Gasteiger partial charge in [0.2, 0.25) is 5.91 Å². The number of aliphatic hydroxyl groups excluding tert-OH is 1. The third-order valence-electron chi connectivity index (χ3n) is 8.35. The number of para-hydroxylation sites is 1. The van der Waals surface area contributed by atoms with Crippen molar-refractivity contribution in [2.24, 2.45) is 11.8 Å². The largest absolute Gasteiger partial charge is 0.465 e. The SMILES string of the molecule is O=C1OCCC/C=C\[C@H]2S[C@]34C=CCN(c5ccccc5Cl)C(=O)C3N([C@@H](CO)Cc3ccccc3)C(=O)[C@@H]4[C@@H]12. The summed E-state index contributed by atoms with van der Waals surface area (Å²) in [5, 5.41) is 10.8. The molecular weight excluding hydrogens is 548 g/mol. The van der Waals surface area contributed by atoms with Gasteiger partial charge in [-0.1, -0.05) is 78.4 Å². The van der Waals surface area contributed by atoms with Gasteiger partial charge in [0.1, 0.15) is 6.04 Å². The van der Waals surface area contributed by atoms with E-state index in [4.69, 9.17) is 16.3 Å². The highest BCUT2D eigenvalue weighted by Crippen LogP contribution is 2.61. The molecule has 2 fully saturated rings. The number of allylic oxidation sites excluding steroid dienone is 1. The molecule has 4 aliphatic heterocycles. The zero-order valence-corrected chi connectivity index (χ0v) is 23.5. The highest BCUT2D eigenvalue weighted by Gasteiger charge is 2.71. The monoisotopic (exact) mass is 578 g/mol. The fraction of sp³-hybridized carbons (Fsp3) is 0.387. The number of fused-ring (bicyclic) bond motifs is 2. The Morgan fingerprint density at radius 3 is 2.60 bits per heavy atom. The average molecular weight is 579 g/mol. The summed E-state index contributed by atoms with van der Waals surface area (Å²) in [5.74, 6) is -2.53. The minimum Gasteiger partial charge on any atom is -0.465 e. The van der Waals surface area contributed by atoms with E-state index in [1.807, 2.05) is 60.7 Å². The van der Waals surface area contributed by atoms with E-state index in [9.17, 15) is 19.5 Å². The number of ether oxygens (including phenoxy) is 1. The standard InChI is InChI=1S/C31H31ClN2O5S/c32-22-12-6-7-13-23(22)33-16-9-15-31-26(25-24(40-31)14-5-2-8-17-39-30(25)38)28(36)34(27(31)29(33)37)21(19-35)18-20-10-3-1-4-11-20/h1,3-7,9-15,21,24-27,35H,2,8,16-19H2/b14-5-/t21-,24-,25+,26+,27?,31+/m1/s1. The molecular formula is C31H31ClN2O5S. The van der Waals surface area contributed by atoms with E-state index in [2.05, 4.69) is 0 Å². The first kappa shape index (κ1) is 27.1. The summed E-state index contributed by atoms with van der Waals surface area (Å²) in [7, 11) is 0. The van der Waals surface area contributed by atoms with Crippen LogP contribution in [0.3, 0.4) is 0 Å². The maximum absolute atomic E-state index is 14.6. The van der Waals surface area contributed by atoms with E-state index >= 15 is 0 Å². The molecule has 40 heavy (non-hydrogen) atoms. The Bertz CT molecular complexity index is 1370. The molecule has 208 valence electrons. The molecule has 0 aromatic heterocycles. The van der Waals surface area contributed by atoms with Crippen LogP contribution in [0.4, 0.5) is 5.69 Å². The average Bonchev–Trinajstić information content (AvgIpc) is 3.38. The molecule has 0 aliphatic carbocycles. The Kier molecular flexibility index (Phi) is 7.50. The number of cyclic esters (lactones) is 1. The van der Waals surface area contributed by atoms with Crippen molar-refractivity contribution >= 4 is 46.8 Å². The second-order valence-corrected chi connectivity index (χ2v) is 12.5. The number of esters is 1. The summed E-state index contributed by atoms with van der Waals surface area (Å²) in [6, 6.07) is 15.1. The minimum absolute atomic E-state index is 0.272. The summed E-state index contributed by atoms with van der Waals surface area (Å²) in [6.07, 6.45) is 9.78. The Morgan fingerprint density at radius 1 is 1.05 bits per heavy atom. The summed E-state index contributed by atoms with van der Waals surface area (Å²) in [6.45, 7) is 0.237. The Labute approximate surface area is 242 Å². The highest BCUT2D eigenvalue weighted by atomic mass is 35.5. The van der Waals surface area contributed by atoms with Crippen molar-refractivity contribution in [1.29, 1.82) is 0 Å². The van der Waals surface area contributed by atoms with Crippen molar-refractivity contribution in [3.8, 4) is 0 Å². The van der Waals surface area contributed by atoms with Crippen LogP contribution in [0.1, 0.15) is 18.4 Å². The number of halogens is 1.